The molecule has 1 N–H and O–H groups in total. The number of unbranched alkanes of at least 4 members (excludes halogenated alkanes) is 12. The highest BCUT2D eigenvalue weighted by Crippen LogP contribution is 2.25. The van der Waals surface area contributed by atoms with E-state index in [2.05, 4.69) is 5.48 Å². The normalized spacial score (nSPS) is 14.9. The minimum Gasteiger partial charge on any atom is -0.469 e. The molecule has 0 amide bonds. The molecule has 16 nitrogen and oxygen atoms in total. The van der Waals surface area contributed by atoms with Gasteiger partial charge in [-0.3, -0.25) is 19.2 Å². The van der Waals surface area contributed by atoms with Gasteiger partial charge in [-0.25, -0.2) is 0 Å². The number of hydrogen-bond acceptors (Lipinski definition) is 13. The summed E-state index contributed by atoms with van der Waals surface area (Å²) in [4.78, 5) is 71.8. The van der Waals surface area contributed by atoms with Gasteiger partial charge in [-0.2, -0.15) is 4.84 Å². The van der Waals surface area contributed by atoms with Crippen molar-refractivity contribution in [3.63, 3.8) is 0 Å². The average Bonchev–Trinajstić information content (AvgIpc) is 3.12. The smallest absolute Gasteiger partial charge is 0.305 e. The molecule has 0 rings (SSSR count). The molecule has 0 aliphatic heterocycles. The minimum atomic E-state index is -0.281. The van der Waals surface area contributed by atoms with Gasteiger partial charge in [0.2, 0.25) is 0 Å². The Balaban J connectivity index is 5.89. The number of hydroxylamine groups is 13. The molecule has 0 aliphatic rings. The number of rotatable bonds is 36. The molecule has 0 aliphatic carbocycles. The monoisotopic (exact) mass is 782 g/mol. The Morgan fingerprint density at radius 1 is 0.444 bits per heavy atom. The van der Waals surface area contributed by atoms with Gasteiger partial charge in [-0.05, 0) is 65.2 Å². The van der Waals surface area contributed by atoms with Crippen LogP contribution in [-0.2, 0) is 57.8 Å². The lowest BCUT2D eigenvalue weighted by molar-refractivity contribution is -1.54. The van der Waals surface area contributed by atoms with Crippen molar-refractivity contribution in [2.75, 3.05) is 75.8 Å². The van der Waals surface area contributed by atoms with E-state index in [9.17, 15) is 19.2 Å². The molecule has 0 aromatic carbocycles. The number of nitrogens with one attached hydrogen (secondary N) is 1. The molecule has 318 valence electrons. The first kappa shape index (κ1) is 51.6. The lowest BCUT2D eigenvalue weighted by Gasteiger charge is -2.37. The first-order valence-electron chi connectivity index (χ1n) is 20.0. The molecule has 0 heterocycles. The number of carbonyl (C=O) groups is 4. The van der Waals surface area contributed by atoms with Crippen molar-refractivity contribution in [3.05, 3.63) is 0 Å². The van der Waals surface area contributed by atoms with Crippen LogP contribution in [0.2, 0.25) is 0 Å². The summed E-state index contributed by atoms with van der Waals surface area (Å²) in [5, 5.41) is 0. The molecule has 0 bridgehead atoms. The molecule has 0 saturated heterocycles. The predicted molar refractivity (Wildman–Crippen MR) is 201 cm³/mol. The fraction of sp³-hybridized carbons (Fsp3) is 0.895. The van der Waals surface area contributed by atoms with Gasteiger partial charge in [0, 0.05) is 61.1 Å². The van der Waals surface area contributed by atoms with Gasteiger partial charge < -0.3 is 18.9 Å². The second-order valence-corrected chi connectivity index (χ2v) is 14.5. The Bertz CT molecular complexity index is 1020. The van der Waals surface area contributed by atoms with E-state index >= 15 is 0 Å². The van der Waals surface area contributed by atoms with Crippen molar-refractivity contribution in [3.8, 4) is 0 Å². The zero-order chi connectivity index (χ0) is 40.7. The fourth-order valence-electron chi connectivity index (χ4n) is 5.97. The summed E-state index contributed by atoms with van der Waals surface area (Å²) in [5.41, 5.74) is 3.11. The maximum Gasteiger partial charge on any atom is 0.305 e. The maximum absolute atomic E-state index is 11.6. The van der Waals surface area contributed by atoms with Gasteiger partial charge in [0.05, 0.1) is 43.1 Å². The molecule has 0 aromatic rings. The zero-order valence-corrected chi connectivity index (χ0v) is 35.3. The highest BCUT2D eigenvalue weighted by Gasteiger charge is 2.49. The molecular formula is C38H77N4O12+3. The largest absolute Gasteiger partial charge is 0.469 e. The summed E-state index contributed by atoms with van der Waals surface area (Å²) in [6.45, 7) is 6.03. The lowest BCUT2D eigenvalue weighted by Crippen LogP contribution is -2.64. The first-order chi connectivity index (χ1) is 25.6. The third-order valence-electron chi connectivity index (χ3n) is 8.79. The lowest BCUT2D eigenvalue weighted by atomic mass is 10.1. The summed E-state index contributed by atoms with van der Waals surface area (Å²) in [5.74, 6) is -0.818. The van der Waals surface area contributed by atoms with Crippen LogP contribution in [0.3, 0.4) is 0 Å². The Morgan fingerprint density at radius 3 is 1.13 bits per heavy atom. The average molecular weight is 782 g/mol. The van der Waals surface area contributed by atoms with Crippen LogP contribution in [0, 0.1) is 0 Å². The quantitative estimate of drug-likeness (QED) is 0.0249. The molecule has 0 aromatic heterocycles. The van der Waals surface area contributed by atoms with Gasteiger partial charge in [0.15, 0.2) is 13.1 Å². The molecule has 0 spiro atoms. The standard InChI is InChI=1S/C38H77N4O12/c1-34(2)51-40(3,31-23-15-11-19-27-36(44)48-7)53-42(5,33-25-17-13-21-29-38(46)50-9)54-41(4,32-24-16-12-20-28-37(45)49-8)52-39-30-22-14-10-18-26-35(43)47-6/h34,39H,10-33H2,1-9H3/q+3. The second-order valence-electron chi connectivity index (χ2n) is 14.5. The number of esters is 4. The highest BCUT2D eigenvalue weighted by atomic mass is 17.3. The third kappa shape index (κ3) is 28.0. The van der Waals surface area contributed by atoms with Crippen LogP contribution in [0.1, 0.15) is 142 Å². The number of ether oxygens (including phenoxy) is 4. The van der Waals surface area contributed by atoms with Crippen molar-refractivity contribution in [2.24, 2.45) is 0 Å². The Hall–Kier alpha value is -2.44. The number of hydrogen-bond donors (Lipinski definition) is 1. The van der Waals surface area contributed by atoms with Gasteiger partial charge in [0.25, 0.3) is 0 Å². The van der Waals surface area contributed by atoms with Crippen LogP contribution in [0.4, 0.5) is 0 Å². The summed E-state index contributed by atoms with van der Waals surface area (Å²) in [6, 6.07) is 0. The van der Waals surface area contributed by atoms with E-state index in [0.29, 0.717) is 51.9 Å². The third-order valence-corrected chi connectivity index (χ3v) is 8.79. The van der Waals surface area contributed by atoms with E-state index in [1.54, 1.807) is 0 Å². The zero-order valence-electron chi connectivity index (χ0n) is 35.3. The van der Waals surface area contributed by atoms with E-state index in [4.69, 9.17) is 38.6 Å². The van der Waals surface area contributed by atoms with Gasteiger partial charge >= 0.3 is 23.9 Å². The van der Waals surface area contributed by atoms with E-state index < -0.39 is 0 Å². The van der Waals surface area contributed by atoms with E-state index in [1.165, 1.54) is 28.4 Å². The fourth-order valence-corrected chi connectivity index (χ4v) is 5.97. The molecule has 54 heavy (non-hydrogen) atoms. The second kappa shape index (κ2) is 30.7. The molecule has 0 radical (unpaired) electrons. The molecule has 3 unspecified atom stereocenters. The minimum absolute atomic E-state index is 0.141. The Morgan fingerprint density at radius 2 is 0.759 bits per heavy atom. The van der Waals surface area contributed by atoms with Crippen molar-refractivity contribution in [1.29, 1.82) is 0 Å². The summed E-state index contributed by atoms with van der Waals surface area (Å²) in [6.07, 6.45) is 14.6. The van der Waals surface area contributed by atoms with Crippen molar-refractivity contribution < 1.29 is 72.2 Å². The summed E-state index contributed by atoms with van der Waals surface area (Å²) in [7, 11) is 11.2. The SMILES string of the molecule is COC(=O)CCCCCCNO[N+](C)(CCCCCCC(=O)OC)O[N+](C)(CCCCCCC(=O)OC)O[N+](C)(CCCCCCC(=O)OC)OC(C)C. The van der Waals surface area contributed by atoms with Crippen molar-refractivity contribution in [2.45, 2.75) is 148 Å². The molecule has 16 heteroatoms. The Kier molecular flexibility index (Phi) is 29.4. The van der Waals surface area contributed by atoms with Crippen LogP contribution in [0.25, 0.3) is 0 Å². The number of nitrogens with zero attached hydrogens (tertiary/aromatic N) is 3. The van der Waals surface area contributed by atoms with Gasteiger partial charge in [0.1, 0.15) is 33.8 Å². The number of methoxy groups -OCH3 is 4. The topological polar surface area (TPSA) is 154 Å². The van der Waals surface area contributed by atoms with Crippen LogP contribution in [0.15, 0.2) is 0 Å². The first-order valence-corrected chi connectivity index (χ1v) is 20.0. The van der Waals surface area contributed by atoms with E-state index in [-0.39, 0.29) is 44.4 Å². The van der Waals surface area contributed by atoms with Crippen LogP contribution in [-0.4, -0.2) is 120 Å². The Labute approximate surface area is 325 Å². The summed E-state index contributed by atoms with van der Waals surface area (Å²) < 4.78 is 19.1. The number of quaternary nitrogens is 3. The number of carbonyl (C=O) groups excluding carboxylic acids is 4. The van der Waals surface area contributed by atoms with Crippen molar-refractivity contribution >= 4 is 23.9 Å². The maximum atomic E-state index is 11.6. The highest BCUT2D eigenvalue weighted by molar-refractivity contribution is 5.69. The van der Waals surface area contributed by atoms with Gasteiger partial charge in [-0.1, -0.05) is 37.0 Å². The van der Waals surface area contributed by atoms with Crippen LogP contribution >= 0.6 is 0 Å². The molecular weight excluding hydrogens is 704 g/mol. The molecule has 0 saturated carbocycles. The van der Waals surface area contributed by atoms with E-state index in [1.807, 2.05) is 35.0 Å². The summed E-state index contributed by atoms with van der Waals surface area (Å²) >= 11 is 0. The molecule has 0 fully saturated rings. The van der Waals surface area contributed by atoms with Crippen molar-refractivity contribution in [1.82, 2.24) is 5.48 Å². The van der Waals surface area contributed by atoms with Crippen LogP contribution in [0.5, 0.6) is 0 Å². The van der Waals surface area contributed by atoms with E-state index in [0.717, 1.165) is 103 Å². The predicted octanol–water partition coefficient (Wildman–Crippen LogP) is 6.29. The van der Waals surface area contributed by atoms with Crippen LogP contribution < -0.4 is 5.48 Å². The van der Waals surface area contributed by atoms with Gasteiger partial charge in [-0.15, -0.1) is 5.48 Å². The molecule has 3 atom stereocenters.